The van der Waals surface area contributed by atoms with Crippen molar-refractivity contribution < 1.29 is 4.74 Å². The van der Waals surface area contributed by atoms with Crippen LogP contribution in [0.1, 0.15) is 13.3 Å². The Balaban J connectivity index is 2.23. The second kappa shape index (κ2) is 7.11. The van der Waals surface area contributed by atoms with E-state index in [-0.39, 0.29) is 5.88 Å². The van der Waals surface area contributed by atoms with Crippen molar-refractivity contribution >= 4 is 45.1 Å². The number of rotatable bonds is 5. The number of halogens is 3. The number of nitrogens with one attached hydrogen (secondary N) is 1. The predicted octanol–water partition coefficient (Wildman–Crippen LogP) is 5.16. The number of aromatic nitrogens is 2. The van der Waals surface area contributed by atoms with Crippen LogP contribution < -0.4 is 10.1 Å². The lowest BCUT2D eigenvalue weighted by atomic mass is 10.3. The van der Waals surface area contributed by atoms with Gasteiger partial charge in [-0.25, -0.2) is 4.98 Å². The quantitative estimate of drug-likeness (QED) is 0.782. The zero-order valence-corrected chi connectivity index (χ0v) is 13.8. The topological polar surface area (TPSA) is 47.0 Å². The molecule has 0 aliphatic rings. The van der Waals surface area contributed by atoms with E-state index in [9.17, 15) is 0 Å². The molecule has 0 unspecified atom stereocenters. The molecule has 0 bridgehead atoms. The van der Waals surface area contributed by atoms with Crippen molar-refractivity contribution in [1.82, 2.24) is 9.97 Å². The lowest BCUT2D eigenvalue weighted by molar-refractivity contribution is 0.462. The number of hydrogen-bond acceptors (Lipinski definition) is 4. The third kappa shape index (κ3) is 3.98. The Morgan fingerprint density at radius 1 is 1.30 bits per heavy atom. The molecule has 106 valence electrons. The van der Waals surface area contributed by atoms with E-state index in [4.69, 9.17) is 27.9 Å². The third-order valence-electron chi connectivity index (χ3n) is 2.35. The van der Waals surface area contributed by atoms with Gasteiger partial charge in [-0.3, -0.25) is 0 Å². The highest BCUT2D eigenvalue weighted by Gasteiger charge is 2.10. The van der Waals surface area contributed by atoms with E-state index in [0.717, 1.165) is 17.4 Å². The Bertz CT molecular complexity index is 610. The van der Waals surface area contributed by atoms with Crippen LogP contribution in [0.25, 0.3) is 0 Å². The van der Waals surface area contributed by atoms with E-state index in [1.807, 2.05) is 6.07 Å². The lowest BCUT2D eigenvalue weighted by Crippen LogP contribution is -2.04. The van der Waals surface area contributed by atoms with E-state index in [1.54, 1.807) is 12.1 Å². The molecule has 2 rings (SSSR count). The first-order valence-corrected chi connectivity index (χ1v) is 7.54. The van der Waals surface area contributed by atoms with Gasteiger partial charge in [0, 0.05) is 11.0 Å². The average molecular weight is 377 g/mol. The minimum atomic E-state index is 0.268. The molecule has 0 atom stereocenters. The maximum atomic E-state index is 6.10. The van der Waals surface area contributed by atoms with Crippen molar-refractivity contribution in [1.29, 1.82) is 0 Å². The fourth-order valence-corrected chi connectivity index (χ4v) is 2.25. The van der Waals surface area contributed by atoms with Gasteiger partial charge in [0.15, 0.2) is 0 Å². The van der Waals surface area contributed by atoms with Crippen molar-refractivity contribution in [3.05, 3.63) is 38.9 Å². The van der Waals surface area contributed by atoms with Crippen LogP contribution in [0, 0.1) is 0 Å². The first kappa shape index (κ1) is 15.4. The smallest absolute Gasteiger partial charge is 0.243 e. The molecular formula is C13H12BrCl2N3O. The van der Waals surface area contributed by atoms with Gasteiger partial charge in [-0.05, 0) is 24.6 Å². The summed E-state index contributed by atoms with van der Waals surface area (Å²) in [5.41, 5.74) is 0. The molecule has 7 heteroatoms. The summed E-state index contributed by atoms with van der Waals surface area (Å²) >= 11 is 15.5. The summed E-state index contributed by atoms with van der Waals surface area (Å²) in [7, 11) is 0. The van der Waals surface area contributed by atoms with E-state index in [2.05, 4.69) is 38.1 Å². The second-order valence-electron chi connectivity index (χ2n) is 3.95. The summed E-state index contributed by atoms with van der Waals surface area (Å²) in [5, 5.41) is 3.86. The SMILES string of the molecule is CCCNc1ncc(Cl)c(Oc2ccc(Br)cc2Cl)n1. The zero-order valence-electron chi connectivity index (χ0n) is 10.7. The number of nitrogens with zero attached hydrogens (tertiary/aromatic N) is 2. The number of anilines is 1. The Kier molecular flexibility index (Phi) is 5.46. The van der Waals surface area contributed by atoms with Gasteiger partial charge >= 0.3 is 0 Å². The average Bonchev–Trinajstić information content (AvgIpc) is 2.42. The van der Waals surface area contributed by atoms with Crippen molar-refractivity contribution in [2.24, 2.45) is 0 Å². The van der Waals surface area contributed by atoms with Crippen LogP contribution in [0.15, 0.2) is 28.9 Å². The summed E-state index contributed by atoms with van der Waals surface area (Å²) in [6.07, 6.45) is 2.47. The van der Waals surface area contributed by atoms with Crippen molar-refractivity contribution in [3.8, 4) is 11.6 Å². The van der Waals surface area contributed by atoms with E-state index < -0.39 is 0 Å². The van der Waals surface area contributed by atoms with E-state index in [1.165, 1.54) is 6.20 Å². The minimum Gasteiger partial charge on any atom is -0.436 e. The van der Waals surface area contributed by atoms with Crippen molar-refractivity contribution in [3.63, 3.8) is 0 Å². The molecule has 4 nitrogen and oxygen atoms in total. The van der Waals surface area contributed by atoms with E-state index in [0.29, 0.717) is 21.7 Å². The molecule has 0 amide bonds. The Morgan fingerprint density at radius 3 is 2.80 bits per heavy atom. The molecule has 0 spiro atoms. The molecular weight excluding hydrogens is 365 g/mol. The van der Waals surface area contributed by atoms with Gasteiger partial charge in [0.1, 0.15) is 10.8 Å². The van der Waals surface area contributed by atoms with Gasteiger partial charge < -0.3 is 10.1 Å². The number of hydrogen-bond donors (Lipinski definition) is 1. The van der Waals surface area contributed by atoms with Gasteiger partial charge in [0.05, 0.1) is 11.2 Å². The number of ether oxygens (including phenoxy) is 1. The Labute approximate surface area is 135 Å². The Morgan fingerprint density at radius 2 is 2.10 bits per heavy atom. The van der Waals surface area contributed by atoms with Gasteiger partial charge in [-0.2, -0.15) is 4.98 Å². The van der Waals surface area contributed by atoms with Crippen LogP contribution in [-0.2, 0) is 0 Å². The number of benzene rings is 1. The zero-order chi connectivity index (χ0) is 14.5. The van der Waals surface area contributed by atoms with E-state index >= 15 is 0 Å². The molecule has 1 aromatic carbocycles. The maximum absolute atomic E-state index is 6.10. The molecule has 1 heterocycles. The summed E-state index contributed by atoms with van der Waals surface area (Å²) in [6, 6.07) is 5.30. The predicted molar refractivity (Wildman–Crippen MR) is 85.0 cm³/mol. The highest BCUT2D eigenvalue weighted by atomic mass is 79.9. The molecule has 2 aromatic rings. The first-order valence-electron chi connectivity index (χ1n) is 5.99. The third-order valence-corrected chi connectivity index (χ3v) is 3.39. The maximum Gasteiger partial charge on any atom is 0.243 e. The summed E-state index contributed by atoms with van der Waals surface area (Å²) in [5.74, 6) is 1.22. The fourth-order valence-electron chi connectivity index (χ4n) is 1.41. The van der Waals surface area contributed by atoms with Crippen LogP contribution in [0.5, 0.6) is 11.6 Å². The second-order valence-corrected chi connectivity index (χ2v) is 5.68. The summed E-state index contributed by atoms with van der Waals surface area (Å²) in [4.78, 5) is 8.30. The molecule has 20 heavy (non-hydrogen) atoms. The van der Waals surface area contributed by atoms with Crippen LogP contribution in [0.2, 0.25) is 10.0 Å². The molecule has 0 aliphatic carbocycles. The molecule has 1 N–H and O–H groups in total. The first-order chi connectivity index (χ1) is 9.60. The van der Waals surface area contributed by atoms with Crippen LogP contribution >= 0.6 is 39.1 Å². The van der Waals surface area contributed by atoms with Crippen LogP contribution in [0.4, 0.5) is 5.95 Å². The van der Waals surface area contributed by atoms with Crippen molar-refractivity contribution in [2.75, 3.05) is 11.9 Å². The largest absolute Gasteiger partial charge is 0.436 e. The van der Waals surface area contributed by atoms with Crippen LogP contribution in [-0.4, -0.2) is 16.5 Å². The minimum absolute atomic E-state index is 0.268. The highest BCUT2D eigenvalue weighted by molar-refractivity contribution is 9.10. The van der Waals surface area contributed by atoms with Crippen LogP contribution in [0.3, 0.4) is 0 Å². The highest BCUT2D eigenvalue weighted by Crippen LogP contribution is 2.33. The Hall–Kier alpha value is -1.04. The molecule has 0 saturated heterocycles. The lowest BCUT2D eigenvalue weighted by Gasteiger charge is -2.10. The standard InChI is InChI=1S/C13H12BrCl2N3O/c1-2-5-17-13-18-7-10(16)12(19-13)20-11-4-3-8(14)6-9(11)15/h3-4,6-7H,2,5H2,1H3,(H,17,18,19). The molecule has 0 radical (unpaired) electrons. The van der Waals surface area contributed by atoms with Gasteiger partial charge in [0.25, 0.3) is 0 Å². The fraction of sp³-hybridized carbons (Fsp3) is 0.231. The van der Waals surface area contributed by atoms with Gasteiger partial charge in [0.2, 0.25) is 11.8 Å². The van der Waals surface area contributed by atoms with Gasteiger partial charge in [-0.1, -0.05) is 46.1 Å². The molecule has 0 saturated carbocycles. The van der Waals surface area contributed by atoms with Crippen molar-refractivity contribution in [2.45, 2.75) is 13.3 Å². The summed E-state index contributed by atoms with van der Waals surface area (Å²) < 4.78 is 6.51. The summed E-state index contributed by atoms with van der Waals surface area (Å²) in [6.45, 7) is 2.84. The molecule has 0 aliphatic heterocycles. The molecule has 1 aromatic heterocycles. The normalized spacial score (nSPS) is 10.4. The monoisotopic (exact) mass is 375 g/mol. The van der Waals surface area contributed by atoms with Gasteiger partial charge in [-0.15, -0.1) is 0 Å². The molecule has 0 fully saturated rings.